The van der Waals surface area contributed by atoms with Gasteiger partial charge in [0.25, 0.3) is 16.7 Å². The smallest absolute Gasteiger partial charge is 0.387 e. The molecule has 54 nitrogen and oxygen atoms in total. The average Bonchev–Trinajstić information content (AvgIpc) is 1.62. The molecule has 10 N–H and O–H groups in total. The molecule has 6 fully saturated rings. The van der Waals surface area contributed by atoms with Gasteiger partial charge in [0.15, 0.2) is 24.9 Å². The van der Waals surface area contributed by atoms with Gasteiger partial charge in [0.05, 0.1) is 117 Å². The Hall–Kier alpha value is -5.56. The lowest BCUT2D eigenvalue weighted by molar-refractivity contribution is -0.0836. The van der Waals surface area contributed by atoms with E-state index in [9.17, 15) is 71.5 Å². The van der Waals surface area contributed by atoms with Crippen LogP contribution in [-0.4, -0.2) is 307 Å². The molecule has 11 heterocycles. The Morgan fingerprint density at radius 3 is 1.10 bits per heavy atom. The number of phosphoric acid groups is 2. The van der Waals surface area contributed by atoms with E-state index >= 15 is 4.57 Å². The van der Waals surface area contributed by atoms with Crippen LogP contribution in [-0.2, 0) is 144 Å². The van der Waals surface area contributed by atoms with Gasteiger partial charge < -0.3 is 102 Å². The summed E-state index contributed by atoms with van der Waals surface area (Å²) in [7, 11) is -4.72. The summed E-state index contributed by atoms with van der Waals surface area (Å²) in [4.78, 5) is 144. The van der Waals surface area contributed by atoms with Crippen LogP contribution >= 0.6 is 72.8 Å². The highest BCUT2D eigenvalue weighted by molar-refractivity contribution is 8.45. The first-order chi connectivity index (χ1) is 63.3. The second-order valence-corrected chi connectivity index (χ2v) is 42.7. The van der Waals surface area contributed by atoms with E-state index in [1.807, 2.05) is 0 Å². The number of anilines is 2. The Bertz CT molecular complexity index is 5600. The van der Waals surface area contributed by atoms with Crippen molar-refractivity contribution in [3.8, 4) is 0 Å². The normalized spacial score (nSPS) is 30.5. The van der Waals surface area contributed by atoms with Crippen LogP contribution in [0.1, 0.15) is 85.6 Å². The number of nitrogens with one attached hydrogen (secondary N) is 3. The summed E-state index contributed by atoms with van der Waals surface area (Å²) >= 11 is 12.9. The standard InChI is InChI=1S/C72H111N12O42P5S3/c1-13-41-42(24-48(117-41)80-27-37(4)61(86)77-70(80)91)122-129(98,132)114-33-46-52(56(108-21-16-103-10)65(120-46)83-28-38(5)62(87)78-71(83)92)124-128(96,97)111-31-44-51(50(40(7)116-44)106-19-14-101-8)123-127(94,95)112-32-45-53(57(109-22-17-104-11)66(119-45)82-26-36(3)60(74)76-69(82)90)125-131(100,134)115-34-47-54(58(110-23-18-105-12)67(121-47)84-29-39(6)63(88)79-72(84)93)126-130(99,133)113-30-43-49(85)55(107-20-15-102-9)64(118-43)81-25-35(2)59(73)75-68(81)89/h25-29,40-58,64-67,85H,13-24,30-34H2,1-12H3,(H,94,95)(H,96,97)(H,98,132)(H,99,133)(H,100,134)(H2,73,75,89)(H2,74,76,90)(H,77,86,91)(H,78,87,92)(H,79,88,93)/t40-,41+,42?,43+,44+,45+,46+,47+,48+,49?,50+,51?,52?,53?,54?,55-,56-,57-,58-,64+,65+,66+,67+,129?,130?,131?/m0/s1. The molecule has 134 heavy (non-hydrogen) atoms. The quantitative estimate of drug-likeness (QED) is 0.0145. The summed E-state index contributed by atoms with van der Waals surface area (Å²) in [6, 6.07) is 0. The fourth-order valence-electron chi connectivity index (χ4n) is 15.1. The zero-order chi connectivity index (χ0) is 97.8. The summed E-state index contributed by atoms with van der Waals surface area (Å²) in [5.74, 6) is -0.307. The molecule has 0 amide bonds. The van der Waals surface area contributed by atoms with Crippen LogP contribution in [0.25, 0.3) is 0 Å². The first-order valence-corrected chi connectivity index (χ1v) is 52.5. The van der Waals surface area contributed by atoms with E-state index in [4.69, 9.17) is 132 Å². The van der Waals surface area contributed by atoms with E-state index in [-0.39, 0.29) is 113 Å². The monoisotopic (exact) mass is 2070 g/mol. The Morgan fingerprint density at radius 1 is 0.396 bits per heavy atom. The predicted molar refractivity (Wildman–Crippen MR) is 470 cm³/mol. The van der Waals surface area contributed by atoms with Crippen molar-refractivity contribution in [1.82, 2.24) is 47.8 Å². The zero-order valence-electron chi connectivity index (χ0n) is 74.3. The molecular weight excluding hydrogens is 1960 g/mol. The highest BCUT2D eigenvalue weighted by Crippen LogP contribution is 2.62. The summed E-state index contributed by atoms with van der Waals surface area (Å²) in [5.41, 5.74) is 5.55. The number of H-pyrrole nitrogens is 3. The number of nitrogens with zero attached hydrogens (tertiary/aromatic N) is 7. The number of aromatic nitrogens is 10. The molecule has 11 unspecified atom stereocenters. The molecule has 6 saturated heterocycles. The maximum atomic E-state index is 15.4. The van der Waals surface area contributed by atoms with E-state index < -0.39 is 255 Å². The number of methoxy groups -OCH3 is 5. The number of nitrogens with two attached hydrogens (primary N) is 2. The largest absolute Gasteiger partial charge is 0.472 e. The zero-order valence-corrected chi connectivity index (χ0v) is 81.5. The lowest BCUT2D eigenvalue weighted by atomic mass is 10.1. The molecule has 0 radical (unpaired) electrons. The van der Waals surface area contributed by atoms with Gasteiger partial charge in [0, 0.05) is 101 Å². The molecule has 0 aliphatic carbocycles. The highest BCUT2D eigenvalue weighted by atomic mass is 32.7. The molecule has 5 aromatic rings. The van der Waals surface area contributed by atoms with Crippen molar-refractivity contribution in [2.45, 2.75) is 202 Å². The number of aromatic amines is 3. The first-order valence-electron chi connectivity index (χ1n) is 41.4. The molecule has 0 spiro atoms. The van der Waals surface area contributed by atoms with Crippen molar-refractivity contribution in [2.75, 3.05) is 146 Å². The number of hydrogen-bond donors (Lipinski definition) is 11. The minimum absolute atomic E-state index is 0.0221. The molecule has 5 aromatic heterocycles. The molecule has 0 aromatic carbocycles. The summed E-state index contributed by atoms with van der Waals surface area (Å²) < 4.78 is 233. The number of aryl methyl sites for hydroxylation is 5. The van der Waals surface area contributed by atoms with Gasteiger partial charge >= 0.3 is 64.5 Å². The third kappa shape index (κ3) is 27.6. The SMILES string of the molecule is CC[C@H]1O[C@@H](n2cc(C)c(=O)[nH]c2=O)CC1OP(=O)(S)OC[C@H]1O[C@@H](n2cc(C)c(=O)[nH]c2=O)[C@@H](OCCOC)C1OP(=O)(O)OC[C@H]1O[C@@H](C)[C@@H](OCCOC)C1OP(=O)(O)OC[C@H]1O[C@@H](n2cc(C)c(N)nc2=O)[C@@H](OCCOC)C1OP(=O)(S)OC[C@H]1O[C@@H](n2cc(C)c(=O)[nH]c2=O)[C@@H](OCCOC)C1OP(=O)(S)OC[C@H]1O[C@@H](n2cc(C)c(N)nc2=O)[C@@H](OCCOC)C1O. The van der Waals surface area contributed by atoms with Crippen LogP contribution in [0.3, 0.4) is 0 Å². The molecule has 0 bridgehead atoms. The van der Waals surface area contributed by atoms with Crippen molar-refractivity contribution < 1.29 is 159 Å². The van der Waals surface area contributed by atoms with Gasteiger partial charge in [-0.15, -0.1) is 0 Å². The Morgan fingerprint density at radius 2 is 0.701 bits per heavy atom. The second-order valence-electron chi connectivity index (χ2n) is 31.2. The van der Waals surface area contributed by atoms with Crippen molar-refractivity contribution >= 4 is 84.4 Å². The van der Waals surface area contributed by atoms with Crippen LogP contribution in [0.4, 0.5) is 11.6 Å². The first kappa shape index (κ1) is 109. The predicted octanol–water partition coefficient (Wildman–Crippen LogP) is 0.774. The third-order valence-electron chi connectivity index (χ3n) is 21.8. The minimum atomic E-state index is -5.73. The second kappa shape index (κ2) is 47.8. The van der Waals surface area contributed by atoms with Crippen LogP contribution in [0.2, 0.25) is 0 Å². The van der Waals surface area contributed by atoms with Crippen LogP contribution in [0.5, 0.6) is 0 Å². The van der Waals surface area contributed by atoms with Crippen LogP contribution in [0, 0.1) is 34.6 Å². The van der Waals surface area contributed by atoms with Gasteiger partial charge in [-0.05, 0) is 48.0 Å². The van der Waals surface area contributed by atoms with Crippen molar-refractivity contribution in [3.05, 3.63) is 142 Å². The third-order valence-corrected chi connectivity index (χ3v) is 28.6. The van der Waals surface area contributed by atoms with Gasteiger partial charge in [0.1, 0.15) is 109 Å². The van der Waals surface area contributed by atoms with Gasteiger partial charge in [-0.2, -0.15) is 9.97 Å². The van der Waals surface area contributed by atoms with Crippen molar-refractivity contribution in [3.63, 3.8) is 0 Å². The molecule has 754 valence electrons. The van der Waals surface area contributed by atoms with E-state index in [2.05, 4.69) is 61.7 Å². The molecule has 11 rings (SSSR count). The van der Waals surface area contributed by atoms with Crippen molar-refractivity contribution in [1.29, 1.82) is 0 Å². The number of phosphoric ester groups is 2. The topological polar surface area (TPSA) is 672 Å². The van der Waals surface area contributed by atoms with Gasteiger partial charge in [0.2, 0.25) is 0 Å². The average molecular weight is 2070 g/mol. The molecule has 62 heteroatoms. The molecule has 6 aliphatic rings. The molecule has 28 atom stereocenters. The van der Waals surface area contributed by atoms with Gasteiger partial charge in [-0.3, -0.25) is 97.4 Å². The maximum Gasteiger partial charge on any atom is 0.472 e. The van der Waals surface area contributed by atoms with E-state index in [0.717, 1.165) is 35.2 Å². The number of aliphatic hydroxyl groups excluding tert-OH is 1. The Balaban J connectivity index is 0.852. The lowest BCUT2D eigenvalue weighted by Crippen LogP contribution is -2.41. The minimum Gasteiger partial charge on any atom is -0.387 e. The number of aliphatic hydroxyl groups is 1. The number of ether oxygens (including phenoxy) is 16. The Labute approximate surface area is 777 Å². The summed E-state index contributed by atoms with van der Waals surface area (Å²) in [6.07, 6.45) is -29.9. The summed E-state index contributed by atoms with van der Waals surface area (Å²) in [5, 5.41) is 11.7. The molecule has 0 saturated carbocycles. The molecular formula is C72H111N12O42P5S3. The van der Waals surface area contributed by atoms with E-state index in [0.29, 0.717) is 5.56 Å². The number of rotatable bonds is 51. The van der Waals surface area contributed by atoms with E-state index in [1.54, 1.807) is 13.8 Å². The fourth-order valence-corrected chi connectivity index (χ4v) is 21.5. The number of thiol groups is 3. The molecule has 6 aliphatic heterocycles. The van der Waals surface area contributed by atoms with Crippen LogP contribution < -0.4 is 56.6 Å². The van der Waals surface area contributed by atoms with Gasteiger partial charge in [-0.25, -0.2) is 46.8 Å². The summed E-state index contributed by atoms with van der Waals surface area (Å²) in [6.45, 7) is -11.3. The Kier molecular flexibility index (Phi) is 38.8. The van der Waals surface area contributed by atoms with E-state index in [1.165, 1.54) is 88.8 Å². The van der Waals surface area contributed by atoms with Gasteiger partial charge in [-0.1, -0.05) is 43.7 Å². The number of nitrogen functional groups attached to an aromatic ring is 2. The fraction of sp³-hybridized carbons (Fsp3) is 0.722. The van der Waals surface area contributed by atoms with Crippen LogP contribution in [0.15, 0.2) is 69.3 Å². The maximum absolute atomic E-state index is 15.4. The number of hydrogen-bond acceptors (Lipinski definition) is 44. The lowest BCUT2D eigenvalue weighted by Gasteiger charge is -2.29. The highest BCUT2D eigenvalue weighted by Gasteiger charge is 2.58. The van der Waals surface area contributed by atoms with Crippen molar-refractivity contribution in [2.24, 2.45) is 0 Å².